The van der Waals surface area contributed by atoms with Gasteiger partial charge in [0.05, 0.1) is 19.0 Å². The second kappa shape index (κ2) is 14.3. The van der Waals surface area contributed by atoms with Crippen LogP contribution in [-0.2, 0) is 36.8 Å². The molecule has 1 aromatic heterocycles. The Morgan fingerprint density at radius 2 is 1.51 bits per heavy atom. The van der Waals surface area contributed by atoms with Crippen LogP contribution < -0.4 is 21.7 Å². The molecule has 0 aliphatic rings. The Morgan fingerprint density at radius 1 is 0.892 bits per heavy atom. The summed E-state index contributed by atoms with van der Waals surface area (Å²) < 4.78 is 0. The van der Waals surface area contributed by atoms with Crippen LogP contribution in [0.3, 0.4) is 0 Å². The number of aliphatic hydroxyl groups excluding tert-OH is 1. The van der Waals surface area contributed by atoms with E-state index in [9.17, 15) is 29.1 Å². The van der Waals surface area contributed by atoms with E-state index in [4.69, 9.17) is 15.9 Å². The predicted octanol–water partition coefficient (Wildman–Crippen LogP) is -2.08. The van der Waals surface area contributed by atoms with Gasteiger partial charge in [0.25, 0.3) is 0 Å². The topological polar surface area (TPSA) is 237 Å². The number of hydrogen-bond acceptors (Lipinski definition) is 8. The second-order valence-electron chi connectivity index (χ2n) is 8.21. The van der Waals surface area contributed by atoms with E-state index in [2.05, 4.69) is 25.9 Å². The number of aromatic amines is 1. The quantitative estimate of drug-likeness (QED) is 0.128. The fourth-order valence-corrected chi connectivity index (χ4v) is 3.33. The van der Waals surface area contributed by atoms with Gasteiger partial charge in [-0.1, -0.05) is 30.3 Å². The van der Waals surface area contributed by atoms with Crippen molar-refractivity contribution < 1.29 is 39.3 Å². The van der Waals surface area contributed by atoms with Crippen LogP contribution in [0.2, 0.25) is 0 Å². The molecule has 4 unspecified atom stereocenters. The molecule has 0 aliphatic carbocycles. The maximum absolute atomic E-state index is 13.2. The molecule has 0 saturated heterocycles. The maximum atomic E-state index is 13.2. The Hall–Kier alpha value is -4.30. The van der Waals surface area contributed by atoms with E-state index in [-0.39, 0.29) is 19.3 Å². The van der Waals surface area contributed by atoms with Crippen molar-refractivity contribution in [3.8, 4) is 0 Å². The van der Waals surface area contributed by atoms with Crippen LogP contribution in [0.25, 0.3) is 0 Å². The normalized spacial score (nSPS) is 14.0. The fourth-order valence-electron chi connectivity index (χ4n) is 3.33. The molecule has 1 heterocycles. The van der Waals surface area contributed by atoms with E-state index in [1.54, 1.807) is 30.3 Å². The summed E-state index contributed by atoms with van der Waals surface area (Å²) >= 11 is 0. The first kappa shape index (κ1) is 28.9. The third kappa shape index (κ3) is 9.70. The van der Waals surface area contributed by atoms with Crippen LogP contribution in [0.15, 0.2) is 42.9 Å². The van der Waals surface area contributed by atoms with Crippen LogP contribution in [0, 0.1) is 0 Å². The number of amides is 3. The molecule has 0 saturated carbocycles. The van der Waals surface area contributed by atoms with Crippen LogP contribution >= 0.6 is 0 Å². The zero-order chi connectivity index (χ0) is 27.4. The predicted molar refractivity (Wildman–Crippen MR) is 128 cm³/mol. The molecule has 0 bridgehead atoms. The Morgan fingerprint density at radius 3 is 2.08 bits per heavy atom. The van der Waals surface area contributed by atoms with E-state index in [1.165, 1.54) is 12.5 Å². The van der Waals surface area contributed by atoms with Gasteiger partial charge in [0, 0.05) is 31.2 Å². The van der Waals surface area contributed by atoms with Gasteiger partial charge in [0.1, 0.15) is 18.1 Å². The number of aromatic nitrogens is 2. The van der Waals surface area contributed by atoms with Crippen LogP contribution in [0.1, 0.15) is 24.1 Å². The number of H-pyrrole nitrogens is 1. The van der Waals surface area contributed by atoms with Crippen molar-refractivity contribution >= 4 is 29.7 Å². The standard InChI is InChI=1S/C23H30N6O8/c24-15(9-14-10-25-12-26-14)20(33)28-17(8-13-4-2-1-3-5-13)22(35)27-16(6-7-19(31)32)21(34)29-18(11-30)23(36)37/h1-5,10,12,15-18,30H,6-9,11,24H2,(H,25,26)(H,27,35)(H,28,33)(H,29,34)(H,31,32)(H,36,37). The minimum absolute atomic E-state index is 0.0247. The number of aliphatic hydroxyl groups is 1. The molecule has 0 aliphatic heterocycles. The van der Waals surface area contributed by atoms with Crippen molar-refractivity contribution in [1.82, 2.24) is 25.9 Å². The Balaban J connectivity index is 2.20. The highest BCUT2D eigenvalue weighted by Gasteiger charge is 2.30. The average Bonchev–Trinajstić information content (AvgIpc) is 3.37. The number of carbonyl (C=O) groups excluding carboxylic acids is 3. The lowest BCUT2D eigenvalue weighted by molar-refractivity contribution is -0.144. The fraction of sp³-hybridized carbons (Fsp3) is 0.391. The molecule has 14 nitrogen and oxygen atoms in total. The monoisotopic (exact) mass is 518 g/mol. The van der Waals surface area contributed by atoms with Crippen molar-refractivity contribution in [3.05, 3.63) is 54.1 Å². The van der Waals surface area contributed by atoms with Gasteiger partial charge in [0.15, 0.2) is 0 Å². The second-order valence-corrected chi connectivity index (χ2v) is 8.21. The number of rotatable bonds is 15. The zero-order valence-electron chi connectivity index (χ0n) is 19.8. The minimum atomic E-state index is -1.66. The molecular weight excluding hydrogens is 488 g/mol. The van der Waals surface area contributed by atoms with Gasteiger partial charge < -0.3 is 42.0 Å². The first-order chi connectivity index (χ1) is 17.6. The van der Waals surface area contributed by atoms with Gasteiger partial charge >= 0.3 is 11.9 Å². The molecule has 4 atom stereocenters. The number of benzene rings is 1. The lowest BCUT2D eigenvalue weighted by atomic mass is 10.0. The number of carboxylic acids is 2. The molecule has 9 N–H and O–H groups in total. The summed E-state index contributed by atoms with van der Waals surface area (Å²) in [6.45, 7) is -0.915. The molecule has 0 radical (unpaired) electrons. The van der Waals surface area contributed by atoms with Gasteiger partial charge in [-0.2, -0.15) is 0 Å². The smallest absolute Gasteiger partial charge is 0.328 e. The maximum Gasteiger partial charge on any atom is 0.328 e. The number of nitrogens with two attached hydrogens (primary N) is 1. The lowest BCUT2D eigenvalue weighted by Crippen LogP contribution is -2.58. The first-order valence-corrected chi connectivity index (χ1v) is 11.3. The van der Waals surface area contributed by atoms with Gasteiger partial charge in [0.2, 0.25) is 17.7 Å². The summed E-state index contributed by atoms with van der Waals surface area (Å²) in [5.41, 5.74) is 7.27. The van der Waals surface area contributed by atoms with Gasteiger partial charge in [-0.25, -0.2) is 9.78 Å². The summed E-state index contributed by atoms with van der Waals surface area (Å²) in [4.78, 5) is 67.5. The molecular formula is C23H30N6O8. The SMILES string of the molecule is NC(Cc1cnc[nH]1)C(=O)NC(Cc1ccccc1)C(=O)NC(CCC(=O)O)C(=O)NC(CO)C(=O)O. The molecule has 3 amide bonds. The molecule has 0 fully saturated rings. The number of nitrogens with one attached hydrogen (secondary N) is 4. The summed E-state index contributed by atoms with van der Waals surface area (Å²) in [6, 6.07) is 3.36. The third-order valence-corrected chi connectivity index (χ3v) is 5.32. The molecule has 2 rings (SSSR count). The Labute approximate surface area is 211 Å². The largest absolute Gasteiger partial charge is 0.481 e. The van der Waals surface area contributed by atoms with Crippen LogP contribution in [-0.4, -0.2) is 85.7 Å². The van der Waals surface area contributed by atoms with Gasteiger partial charge in [-0.05, 0) is 12.0 Å². The molecule has 2 aromatic rings. The minimum Gasteiger partial charge on any atom is -0.481 e. The molecule has 37 heavy (non-hydrogen) atoms. The number of carboxylic acid groups (broad SMARTS) is 2. The summed E-state index contributed by atoms with van der Waals surface area (Å²) in [7, 11) is 0. The average molecular weight is 519 g/mol. The van der Waals surface area contributed by atoms with Gasteiger partial charge in [-0.15, -0.1) is 0 Å². The van der Waals surface area contributed by atoms with Crippen molar-refractivity contribution in [3.63, 3.8) is 0 Å². The van der Waals surface area contributed by atoms with E-state index in [0.717, 1.165) is 0 Å². The zero-order valence-corrected chi connectivity index (χ0v) is 19.8. The van der Waals surface area contributed by atoms with Crippen molar-refractivity contribution in [2.45, 2.75) is 49.9 Å². The summed E-state index contributed by atoms with van der Waals surface area (Å²) in [5.74, 6) is -5.23. The van der Waals surface area contributed by atoms with Crippen LogP contribution in [0.4, 0.5) is 0 Å². The highest BCUT2D eigenvalue weighted by molar-refractivity contribution is 5.94. The Bertz CT molecular complexity index is 1060. The molecule has 200 valence electrons. The molecule has 1 aromatic carbocycles. The van der Waals surface area contributed by atoms with Crippen molar-refractivity contribution in [2.24, 2.45) is 5.73 Å². The highest BCUT2D eigenvalue weighted by Crippen LogP contribution is 2.07. The number of aliphatic carboxylic acids is 2. The first-order valence-electron chi connectivity index (χ1n) is 11.3. The lowest BCUT2D eigenvalue weighted by Gasteiger charge is -2.25. The van der Waals surface area contributed by atoms with Crippen LogP contribution in [0.5, 0.6) is 0 Å². The number of carbonyl (C=O) groups is 5. The number of hydrogen-bond donors (Lipinski definition) is 8. The van der Waals surface area contributed by atoms with E-state index in [0.29, 0.717) is 11.3 Å². The van der Waals surface area contributed by atoms with E-state index < -0.39 is 66.9 Å². The van der Waals surface area contributed by atoms with Crippen molar-refractivity contribution in [1.29, 1.82) is 0 Å². The highest BCUT2D eigenvalue weighted by atomic mass is 16.4. The van der Waals surface area contributed by atoms with E-state index >= 15 is 0 Å². The van der Waals surface area contributed by atoms with Gasteiger partial charge in [-0.3, -0.25) is 19.2 Å². The van der Waals surface area contributed by atoms with E-state index in [1.807, 2.05) is 0 Å². The summed E-state index contributed by atoms with van der Waals surface area (Å²) in [6.07, 6.45) is 2.20. The third-order valence-electron chi connectivity index (χ3n) is 5.32. The molecule has 14 heteroatoms. The van der Waals surface area contributed by atoms with Crippen molar-refractivity contribution in [2.75, 3.05) is 6.61 Å². The Kier molecular flexibility index (Phi) is 11.2. The number of imidazole rings is 1. The summed E-state index contributed by atoms with van der Waals surface area (Å²) in [5, 5.41) is 34.3. The number of nitrogens with zero attached hydrogens (tertiary/aromatic N) is 1. The molecule has 0 spiro atoms.